The monoisotopic (exact) mass is 414 g/mol. The van der Waals surface area contributed by atoms with Crippen molar-refractivity contribution in [1.29, 1.82) is 0 Å². The van der Waals surface area contributed by atoms with E-state index in [-0.39, 0.29) is 5.91 Å². The molecule has 1 heterocycles. The van der Waals surface area contributed by atoms with Crippen LogP contribution in [0.5, 0.6) is 0 Å². The Morgan fingerprint density at radius 1 is 0.806 bits per heavy atom. The summed E-state index contributed by atoms with van der Waals surface area (Å²) in [5, 5.41) is 10.4. The molecule has 0 radical (unpaired) electrons. The second-order valence-corrected chi connectivity index (χ2v) is 7.94. The van der Waals surface area contributed by atoms with Crippen LogP contribution in [-0.4, -0.2) is 40.5 Å². The first kappa shape index (κ1) is 20.8. The molecule has 0 aliphatic carbocycles. The van der Waals surface area contributed by atoms with Gasteiger partial charge < -0.3 is 5.11 Å². The molecule has 5 heteroatoms. The van der Waals surface area contributed by atoms with Crippen molar-refractivity contribution >= 4 is 17.6 Å². The van der Waals surface area contributed by atoms with E-state index in [1.54, 1.807) is 24.3 Å². The molecule has 0 bridgehead atoms. The molecule has 31 heavy (non-hydrogen) atoms. The fraction of sp³-hybridized carbons (Fsp3) is 0.231. The molecule has 3 aromatic carbocycles. The van der Waals surface area contributed by atoms with Gasteiger partial charge in [0.1, 0.15) is 5.54 Å². The molecule has 0 saturated carbocycles. The molecule has 4 rings (SSSR count). The van der Waals surface area contributed by atoms with Crippen LogP contribution in [0.1, 0.15) is 28.8 Å². The third kappa shape index (κ3) is 4.37. The number of piperidine rings is 1. The zero-order chi connectivity index (χ0) is 21.7. The molecule has 0 unspecified atom stereocenters. The molecule has 0 aromatic heterocycles. The van der Waals surface area contributed by atoms with E-state index in [9.17, 15) is 14.7 Å². The molecule has 0 atom stereocenters. The van der Waals surface area contributed by atoms with Crippen molar-refractivity contribution in [3.05, 3.63) is 102 Å². The second-order valence-electron chi connectivity index (χ2n) is 7.94. The number of nitrogens with zero attached hydrogens (tertiary/aromatic N) is 2. The number of benzene rings is 3. The van der Waals surface area contributed by atoms with Crippen LogP contribution in [0.25, 0.3) is 0 Å². The van der Waals surface area contributed by atoms with Crippen molar-refractivity contribution in [3.8, 4) is 0 Å². The van der Waals surface area contributed by atoms with Crippen LogP contribution < -0.4 is 4.90 Å². The lowest BCUT2D eigenvalue weighted by Crippen LogP contribution is -2.62. The van der Waals surface area contributed by atoms with Gasteiger partial charge in [0.2, 0.25) is 0 Å². The predicted octanol–water partition coefficient (Wildman–Crippen LogP) is 4.45. The Labute approximate surface area is 182 Å². The number of anilines is 1. The van der Waals surface area contributed by atoms with Crippen LogP contribution >= 0.6 is 0 Å². The van der Waals surface area contributed by atoms with E-state index >= 15 is 0 Å². The van der Waals surface area contributed by atoms with Gasteiger partial charge >= 0.3 is 5.97 Å². The maximum absolute atomic E-state index is 13.6. The van der Waals surface area contributed by atoms with Gasteiger partial charge in [-0.25, -0.2) is 4.79 Å². The van der Waals surface area contributed by atoms with Crippen LogP contribution in [0.2, 0.25) is 0 Å². The summed E-state index contributed by atoms with van der Waals surface area (Å²) in [5.41, 5.74) is 1.00. The summed E-state index contributed by atoms with van der Waals surface area (Å²) in [4.78, 5) is 30.0. The van der Waals surface area contributed by atoms with Gasteiger partial charge in [-0.2, -0.15) is 0 Å². The van der Waals surface area contributed by atoms with Gasteiger partial charge in [-0.05, 0) is 42.7 Å². The van der Waals surface area contributed by atoms with Gasteiger partial charge in [-0.3, -0.25) is 14.6 Å². The average molecular weight is 415 g/mol. The highest BCUT2D eigenvalue weighted by Crippen LogP contribution is 2.35. The first-order chi connectivity index (χ1) is 15.1. The Kier molecular flexibility index (Phi) is 6.14. The van der Waals surface area contributed by atoms with Gasteiger partial charge in [-0.1, -0.05) is 66.7 Å². The number of aliphatic carboxylic acids is 1. The van der Waals surface area contributed by atoms with E-state index < -0.39 is 11.5 Å². The number of hydrogen-bond acceptors (Lipinski definition) is 3. The molecule has 1 aliphatic heterocycles. The molecule has 0 spiro atoms. The highest BCUT2D eigenvalue weighted by Gasteiger charge is 2.49. The maximum atomic E-state index is 13.6. The Balaban J connectivity index is 1.65. The van der Waals surface area contributed by atoms with Gasteiger partial charge in [0.05, 0.1) is 0 Å². The van der Waals surface area contributed by atoms with Crippen molar-refractivity contribution < 1.29 is 14.7 Å². The molecule has 1 N–H and O–H groups in total. The zero-order valence-electron chi connectivity index (χ0n) is 17.4. The molecule has 1 amide bonds. The van der Waals surface area contributed by atoms with Crippen LogP contribution in [0.3, 0.4) is 0 Å². The molecule has 1 fully saturated rings. The maximum Gasteiger partial charge on any atom is 0.330 e. The second kappa shape index (κ2) is 9.14. The largest absolute Gasteiger partial charge is 0.479 e. The van der Waals surface area contributed by atoms with Crippen LogP contribution in [0, 0.1) is 0 Å². The smallest absolute Gasteiger partial charge is 0.330 e. The quantitative estimate of drug-likeness (QED) is 0.647. The first-order valence-corrected chi connectivity index (χ1v) is 10.5. The molecule has 1 saturated heterocycles. The van der Waals surface area contributed by atoms with E-state index in [0.717, 1.165) is 6.54 Å². The Morgan fingerprint density at radius 3 is 1.87 bits per heavy atom. The molecular formula is C26H26N2O3. The fourth-order valence-electron chi connectivity index (χ4n) is 4.30. The van der Waals surface area contributed by atoms with Gasteiger partial charge in [-0.15, -0.1) is 0 Å². The highest BCUT2D eigenvalue weighted by atomic mass is 16.4. The van der Waals surface area contributed by atoms with Crippen molar-refractivity contribution in [2.24, 2.45) is 0 Å². The number of carboxylic acids is 1. The topological polar surface area (TPSA) is 60.9 Å². The van der Waals surface area contributed by atoms with E-state index in [1.807, 2.05) is 54.6 Å². The molecular weight excluding hydrogens is 388 g/mol. The molecule has 3 aromatic rings. The highest BCUT2D eigenvalue weighted by molar-refractivity contribution is 6.10. The van der Waals surface area contributed by atoms with Crippen LogP contribution in [0.15, 0.2) is 91.0 Å². The third-order valence-electron chi connectivity index (χ3n) is 6.00. The van der Waals surface area contributed by atoms with Crippen LogP contribution in [-0.2, 0) is 11.3 Å². The van der Waals surface area contributed by atoms with E-state index in [0.29, 0.717) is 37.2 Å². The Bertz CT molecular complexity index is 1010. The SMILES string of the molecule is O=C(c1ccccc1)N(c1ccccc1)C1(C(=O)O)CCN(Cc2ccccc2)CC1. The van der Waals surface area contributed by atoms with E-state index in [4.69, 9.17) is 0 Å². The van der Waals surface area contributed by atoms with Crippen molar-refractivity contribution in [1.82, 2.24) is 4.90 Å². The summed E-state index contributed by atoms with van der Waals surface area (Å²) in [7, 11) is 0. The Hall–Kier alpha value is -3.44. The van der Waals surface area contributed by atoms with Gasteiger partial charge in [0, 0.05) is 30.9 Å². The third-order valence-corrected chi connectivity index (χ3v) is 6.00. The first-order valence-electron chi connectivity index (χ1n) is 10.5. The lowest BCUT2D eigenvalue weighted by Gasteiger charge is -2.46. The normalized spacial score (nSPS) is 15.9. The number of carbonyl (C=O) groups is 2. The molecule has 5 nitrogen and oxygen atoms in total. The van der Waals surface area contributed by atoms with Crippen LogP contribution in [0.4, 0.5) is 5.69 Å². The van der Waals surface area contributed by atoms with Gasteiger partial charge in [0.15, 0.2) is 0 Å². The summed E-state index contributed by atoms with van der Waals surface area (Å²) in [6.07, 6.45) is 0.727. The number of carbonyl (C=O) groups excluding carboxylic acids is 1. The standard InChI is InChI=1S/C26H26N2O3/c29-24(22-12-6-2-7-13-22)28(23-14-8-3-9-15-23)26(25(30)31)16-18-27(19-17-26)20-21-10-4-1-5-11-21/h1-15H,16-20H2,(H,30,31). The molecule has 1 aliphatic rings. The minimum absolute atomic E-state index is 0.286. The van der Waals surface area contributed by atoms with Gasteiger partial charge in [0.25, 0.3) is 5.91 Å². The summed E-state index contributed by atoms with van der Waals surface area (Å²) in [6.45, 7) is 1.98. The van der Waals surface area contributed by atoms with E-state index in [1.165, 1.54) is 10.5 Å². The summed E-state index contributed by atoms with van der Waals surface area (Å²) >= 11 is 0. The lowest BCUT2D eigenvalue weighted by molar-refractivity contribution is -0.145. The van der Waals surface area contributed by atoms with E-state index in [2.05, 4.69) is 17.0 Å². The number of para-hydroxylation sites is 1. The minimum atomic E-state index is -1.29. The number of rotatable bonds is 6. The number of likely N-dealkylation sites (tertiary alicyclic amines) is 1. The number of amides is 1. The van der Waals surface area contributed by atoms with Crippen molar-refractivity contribution in [2.45, 2.75) is 24.9 Å². The Morgan fingerprint density at radius 2 is 1.32 bits per heavy atom. The number of hydrogen-bond donors (Lipinski definition) is 1. The van der Waals surface area contributed by atoms with Crippen molar-refractivity contribution in [2.75, 3.05) is 18.0 Å². The minimum Gasteiger partial charge on any atom is -0.479 e. The average Bonchev–Trinajstić information content (AvgIpc) is 2.82. The number of carboxylic acid groups (broad SMARTS) is 1. The summed E-state index contributed by atoms with van der Waals surface area (Å²) < 4.78 is 0. The summed E-state index contributed by atoms with van der Waals surface area (Å²) in [6, 6.07) is 28.2. The lowest BCUT2D eigenvalue weighted by atomic mass is 9.84. The van der Waals surface area contributed by atoms with Crippen molar-refractivity contribution in [3.63, 3.8) is 0 Å². The summed E-state index contributed by atoms with van der Waals surface area (Å²) in [5.74, 6) is -1.24. The zero-order valence-corrected chi connectivity index (χ0v) is 17.4. The fourth-order valence-corrected chi connectivity index (χ4v) is 4.30. The predicted molar refractivity (Wildman–Crippen MR) is 121 cm³/mol. The molecule has 158 valence electrons.